The Bertz CT molecular complexity index is 946. The average molecular weight is 354 g/mol. The van der Waals surface area contributed by atoms with E-state index in [0.717, 1.165) is 4.90 Å². The smallest absolute Gasteiger partial charge is 0.263 e. The summed E-state index contributed by atoms with van der Waals surface area (Å²) in [5, 5.41) is 9.35. The minimum absolute atomic E-state index is 0.193. The Balaban J connectivity index is 1.70. The molecule has 2 aliphatic heterocycles. The van der Waals surface area contributed by atoms with Crippen LogP contribution < -0.4 is 14.6 Å². The topological polar surface area (TPSA) is 74.6 Å². The van der Waals surface area contributed by atoms with E-state index in [4.69, 9.17) is 4.74 Å². The number of nitrogens with zero attached hydrogens (tertiary/aromatic N) is 4. The minimum atomic E-state index is -0.946. The number of hydrogen-bond acceptors (Lipinski definition) is 6. The Labute approximate surface area is 148 Å². The fourth-order valence-electron chi connectivity index (χ4n) is 3.10. The van der Waals surface area contributed by atoms with E-state index in [1.54, 1.807) is 37.3 Å². The molecule has 2 aliphatic rings. The number of aryl methyl sites for hydroxylation is 1. The lowest BCUT2D eigenvalue weighted by Gasteiger charge is -2.21. The molecule has 132 valence electrons. The maximum Gasteiger partial charge on any atom is 0.263 e. The average Bonchev–Trinajstić information content (AvgIpc) is 3.18. The molecule has 0 aliphatic carbocycles. The standard InChI is InChI=1S/C18H15FN4O3/c1-10-6-7-11(9-14(10)19)22-17(24)15-16(18(22)25)23(21-20-15)12-4-3-5-13(8-12)26-2/h3-9,15-16H,1-2H3/t15-,16+/m0/s1. The summed E-state index contributed by atoms with van der Waals surface area (Å²) in [4.78, 5) is 26.6. The van der Waals surface area contributed by atoms with Gasteiger partial charge in [0.25, 0.3) is 11.8 Å². The molecule has 0 radical (unpaired) electrons. The normalized spacial score (nSPS) is 21.5. The highest BCUT2D eigenvalue weighted by Gasteiger charge is 2.55. The molecule has 8 heteroatoms. The van der Waals surface area contributed by atoms with E-state index in [-0.39, 0.29) is 5.69 Å². The van der Waals surface area contributed by atoms with E-state index >= 15 is 0 Å². The van der Waals surface area contributed by atoms with Gasteiger partial charge in [0.05, 0.1) is 18.5 Å². The van der Waals surface area contributed by atoms with Crippen LogP contribution in [0.15, 0.2) is 52.8 Å². The molecule has 1 fully saturated rings. The van der Waals surface area contributed by atoms with E-state index in [0.29, 0.717) is 17.0 Å². The van der Waals surface area contributed by atoms with Crippen molar-refractivity contribution in [1.82, 2.24) is 0 Å². The third-order valence-electron chi connectivity index (χ3n) is 4.51. The van der Waals surface area contributed by atoms with Gasteiger partial charge in [0, 0.05) is 6.07 Å². The number of amides is 2. The zero-order chi connectivity index (χ0) is 18.4. The molecule has 0 spiro atoms. The molecule has 0 saturated carbocycles. The molecule has 0 bridgehead atoms. The molecule has 7 nitrogen and oxygen atoms in total. The van der Waals surface area contributed by atoms with Gasteiger partial charge >= 0.3 is 0 Å². The number of carbonyl (C=O) groups is 2. The molecule has 2 aromatic rings. The Morgan fingerprint density at radius 2 is 1.88 bits per heavy atom. The zero-order valence-corrected chi connectivity index (χ0v) is 14.1. The second-order valence-electron chi connectivity index (χ2n) is 6.09. The first-order chi connectivity index (χ1) is 12.5. The molecule has 0 N–H and O–H groups in total. The minimum Gasteiger partial charge on any atom is -0.497 e. The van der Waals surface area contributed by atoms with Crippen molar-refractivity contribution in [2.45, 2.75) is 19.0 Å². The highest BCUT2D eigenvalue weighted by Crippen LogP contribution is 2.36. The van der Waals surface area contributed by atoms with Gasteiger partial charge in [-0.2, -0.15) is 5.11 Å². The number of anilines is 2. The van der Waals surface area contributed by atoms with Gasteiger partial charge < -0.3 is 4.74 Å². The van der Waals surface area contributed by atoms with Gasteiger partial charge in [-0.15, -0.1) is 0 Å². The lowest BCUT2D eigenvalue weighted by molar-refractivity contribution is -0.121. The molecule has 2 atom stereocenters. The van der Waals surface area contributed by atoms with Gasteiger partial charge in [-0.3, -0.25) is 9.59 Å². The first-order valence-electron chi connectivity index (χ1n) is 7.99. The van der Waals surface area contributed by atoms with Gasteiger partial charge in [0.15, 0.2) is 12.1 Å². The highest BCUT2D eigenvalue weighted by molar-refractivity contribution is 6.26. The number of benzene rings is 2. The van der Waals surface area contributed by atoms with Crippen molar-refractivity contribution in [2.75, 3.05) is 17.0 Å². The van der Waals surface area contributed by atoms with Crippen molar-refractivity contribution in [3.8, 4) is 5.75 Å². The van der Waals surface area contributed by atoms with Crippen LogP contribution >= 0.6 is 0 Å². The summed E-state index contributed by atoms with van der Waals surface area (Å²) in [6.45, 7) is 1.61. The molecule has 0 unspecified atom stereocenters. The fraction of sp³-hybridized carbons (Fsp3) is 0.222. The first kappa shape index (κ1) is 16.2. The predicted octanol–water partition coefficient (Wildman–Crippen LogP) is 2.64. The third-order valence-corrected chi connectivity index (χ3v) is 4.51. The van der Waals surface area contributed by atoms with Gasteiger partial charge in [0.2, 0.25) is 0 Å². The molecular formula is C18H15FN4O3. The van der Waals surface area contributed by atoms with Crippen LogP contribution in [-0.4, -0.2) is 31.0 Å². The number of fused-ring (bicyclic) bond motifs is 1. The number of rotatable bonds is 3. The fourth-order valence-corrected chi connectivity index (χ4v) is 3.10. The molecule has 26 heavy (non-hydrogen) atoms. The van der Waals surface area contributed by atoms with Crippen molar-refractivity contribution >= 4 is 23.2 Å². The lowest BCUT2D eigenvalue weighted by atomic mass is 10.1. The SMILES string of the molecule is COc1cccc(N2N=N[C@@H]3C(=O)N(c4ccc(C)c(F)c4)C(=O)[C@@H]32)c1. The van der Waals surface area contributed by atoms with Crippen LogP contribution in [0.2, 0.25) is 0 Å². The third kappa shape index (κ3) is 2.33. The Kier molecular flexibility index (Phi) is 3.68. The van der Waals surface area contributed by atoms with Crippen molar-refractivity contribution < 1.29 is 18.7 Å². The van der Waals surface area contributed by atoms with Crippen LogP contribution in [0.5, 0.6) is 5.75 Å². The van der Waals surface area contributed by atoms with Crippen LogP contribution in [0.3, 0.4) is 0 Å². The van der Waals surface area contributed by atoms with E-state index < -0.39 is 29.7 Å². The second kappa shape index (κ2) is 5.91. The number of halogens is 1. The van der Waals surface area contributed by atoms with Crippen LogP contribution in [0.4, 0.5) is 15.8 Å². The first-order valence-corrected chi connectivity index (χ1v) is 7.99. The number of hydrogen-bond donors (Lipinski definition) is 0. The second-order valence-corrected chi connectivity index (χ2v) is 6.09. The van der Waals surface area contributed by atoms with E-state index in [9.17, 15) is 14.0 Å². The van der Waals surface area contributed by atoms with Crippen molar-refractivity contribution in [3.05, 3.63) is 53.8 Å². The predicted molar refractivity (Wildman–Crippen MR) is 91.5 cm³/mol. The summed E-state index contributed by atoms with van der Waals surface area (Å²) in [7, 11) is 1.53. The largest absolute Gasteiger partial charge is 0.497 e. The van der Waals surface area contributed by atoms with E-state index in [2.05, 4.69) is 10.3 Å². The van der Waals surface area contributed by atoms with Crippen LogP contribution in [0.25, 0.3) is 0 Å². The van der Waals surface area contributed by atoms with Crippen molar-refractivity contribution in [2.24, 2.45) is 10.3 Å². The van der Waals surface area contributed by atoms with Crippen molar-refractivity contribution in [3.63, 3.8) is 0 Å². The summed E-state index contributed by atoms with van der Waals surface area (Å²) >= 11 is 0. The summed E-state index contributed by atoms with van der Waals surface area (Å²) < 4.78 is 19.1. The Hall–Kier alpha value is -3.29. The lowest BCUT2D eigenvalue weighted by Crippen LogP contribution is -2.39. The van der Waals surface area contributed by atoms with Crippen molar-refractivity contribution in [1.29, 1.82) is 0 Å². The number of carbonyl (C=O) groups excluding carboxylic acids is 2. The summed E-state index contributed by atoms with van der Waals surface area (Å²) in [6, 6.07) is 9.38. The van der Waals surface area contributed by atoms with Crippen LogP contribution in [0.1, 0.15) is 5.56 Å². The summed E-state index contributed by atoms with van der Waals surface area (Å²) in [5.41, 5.74) is 1.21. The monoisotopic (exact) mass is 354 g/mol. The molecule has 2 heterocycles. The molecule has 1 saturated heterocycles. The molecule has 2 aromatic carbocycles. The molecule has 4 rings (SSSR count). The quantitative estimate of drug-likeness (QED) is 0.794. The highest BCUT2D eigenvalue weighted by atomic mass is 19.1. The maximum atomic E-state index is 13.9. The van der Waals surface area contributed by atoms with Gasteiger partial charge in [-0.05, 0) is 36.8 Å². The zero-order valence-electron chi connectivity index (χ0n) is 14.1. The van der Waals surface area contributed by atoms with E-state index in [1.165, 1.54) is 24.3 Å². The molecular weight excluding hydrogens is 339 g/mol. The number of imide groups is 1. The summed E-state index contributed by atoms with van der Waals surface area (Å²) in [5.74, 6) is -0.893. The van der Waals surface area contributed by atoms with Crippen LogP contribution in [0, 0.1) is 12.7 Å². The maximum absolute atomic E-state index is 13.9. The summed E-state index contributed by atoms with van der Waals surface area (Å²) in [6.07, 6.45) is 0. The number of ether oxygens (including phenoxy) is 1. The van der Waals surface area contributed by atoms with Gasteiger partial charge in [-0.1, -0.05) is 17.4 Å². The van der Waals surface area contributed by atoms with E-state index in [1.807, 2.05) is 0 Å². The Morgan fingerprint density at radius 3 is 2.62 bits per heavy atom. The van der Waals surface area contributed by atoms with Gasteiger partial charge in [0.1, 0.15) is 11.6 Å². The molecule has 2 amide bonds. The Morgan fingerprint density at radius 1 is 1.08 bits per heavy atom. The molecule has 0 aromatic heterocycles. The number of methoxy groups -OCH3 is 1. The van der Waals surface area contributed by atoms with Gasteiger partial charge in [-0.25, -0.2) is 14.3 Å². The van der Waals surface area contributed by atoms with Crippen LogP contribution in [-0.2, 0) is 9.59 Å².